The zero-order chi connectivity index (χ0) is 11.9. The van der Waals surface area contributed by atoms with Gasteiger partial charge in [-0.25, -0.2) is 4.99 Å². The van der Waals surface area contributed by atoms with E-state index < -0.39 is 0 Å². The lowest BCUT2D eigenvalue weighted by molar-refractivity contribution is -0.121. The average molecular weight is 331 g/mol. The van der Waals surface area contributed by atoms with Crippen molar-refractivity contribution in [1.82, 2.24) is 4.90 Å². The molecule has 0 aromatic carbocycles. The van der Waals surface area contributed by atoms with E-state index in [4.69, 9.17) is 10.2 Å². The first-order valence-corrected chi connectivity index (χ1v) is 5.67. The van der Waals surface area contributed by atoms with Crippen molar-refractivity contribution in [3.63, 3.8) is 0 Å². The van der Waals surface area contributed by atoms with Crippen LogP contribution in [0.15, 0.2) is 21.2 Å². The molecular formula is C10H10IN3O2. The minimum absolute atomic E-state index is 0.203. The molecule has 6 heteroatoms. The highest BCUT2D eigenvalue weighted by Crippen LogP contribution is 2.22. The first kappa shape index (κ1) is 11.2. The van der Waals surface area contributed by atoms with Crippen molar-refractivity contribution in [2.75, 3.05) is 7.05 Å². The molecule has 0 atom stereocenters. The van der Waals surface area contributed by atoms with Crippen LogP contribution in [0, 0.1) is 10.5 Å². The largest absolute Gasteiger partial charge is 0.461 e. The maximum Gasteiger partial charge on any atom is 0.279 e. The third kappa shape index (κ3) is 1.84. The van der Waals surface area contributed by atoms with Crippen LogP contribution >= 0.6 is 22.6 Å². The molecule has 2 rings (SSSR count). The lowest BCUT2D eigenvalue weighted by Crippen LogP contribution is -2.33. The predicted molar refractivity (Wildman–Crippen MR) is 68.5 cm³/mol. The second-order valence-corrected chi connectivity index (χ2v) is 4.60. The first-order chi connectivity index (χ1) is 7.49. The van der Waals surface area contributed by atoms with Gasteiger partial charge in [-0.15, -0.1) is 0 Å². The Morgan fingerprint density at radius 3 is 2.75 bits per heavy atom. The van der Waals surface area contributed by atoms with Gasteiger partial charge in [0.25, 0.3) is 5.91 Å². The number of furan rings is 1. The van der Waals surface area contributed by atoms with Crippen molar-refractivity contribution in [1.29, 1.82) is 0 Å². The van der Waals surface area contributed by atoms with Gasteiger partial charge in [-0.1, -0.05) is 0 Å². The number of aryl methyl sites for hydroxylation is 1. The quantitative estimate of drug-likeness (QED) is 0.623. The van der Waals surface area contributed by atoms with Gasteiger partial charge in [0, 0.05) is 13.1 Å². The summed E-state index contributed by atoms with van der Waals surface area (Å²) in [5, 5.41) is 0. The Bertz CT molecular complexity index is 516. The number of carbonyl (C=O) groups is 1. The lowest BCUT2D eigenvalue weighted by atomic mass is 10.3. The fourth-order valence-corrected chi connectivity index (χ4v) is 2.04. The molecular weight excluding hydrogens is 321 g/mol. The maximum atomic E-state index is 11.7. The van der Waals surface area contributed by atoms with Gasteiger partial charge in [0.15, 0.2) is 0 Å². The Balaban J connectivity index is 2.40. The third-order valence-corrected chi connectivity index (χ3v) is 3.05. The smallest absolute Gasteiger partial charge is 0.279 e. The number of carbonyl (C=O) groups excluding carboxylic acids is 1. The van der Waals surface area contributed by atoms with Crippen LogP contribution in [0.3, 0.4) is 0 Å². The van der Waals surface area contributed by atoms with Crippen LogP contribution in [-0.2, 0) is 4.79 Å². The van der Waals surface area contributed by atoms with E-state index in [-0.39, 0.29) is 11.9 Å². The van der Waals surface area contributed by atoms with Gasteiger partial charge in [0.1, 0.15) is 17.2 Å². The molecule has 5 nitrogen and oxygen atoms in total. The van der Waals surface area contributed by atoms with Crippen LogP contribution in [0.25, 0.3) is 6.08 Å². The number of amides is 1. The Kier molecular flexibility index (Phi) is 2.75. The number of likely N-dealkylation sites (N-methyl/N-ethyl adjacent to an activating group) is 1. The molecule has 1 aliphatic heterocycles. The van der Waals surface area contributed by atoms with Crippen LogP contribution in [0.2, 0.25) is 0 Å². The molecule has 0 radical (unpaired) electrons. The number of nitrogens with two attached hydrogens (primary N) is 1. The molecule has 1 amide bonds. The minimum atomic E-state index is -0.220. The minimum Gasteiger partial charge on any atom is -0.461 e. The molecule has 0 unspecified atom stereocenters. The number of aliphatic imine (C=N–C) groups is 1. The second-order valence-electron chi connectivity index (χ2n) is 3.43. The molecule has 0 saturated carbocycles. The van der Waals surface area contributed by atoms with Gasteiger partial charge in [-0.05, 0) is 35.6 Å². The van der Waals surface area contributed by atoms with E-state index in [0.29, 0.717) is 11.5 Å². The fraction of sp³-hybridized carbons (Fsp3) is 0.200. The second kappa shape index (κ2) is 3.93. The highest BCUT2D eigenvalue weighted by Gasteiger charge is 2.25. The summed E-state index contributed by atoms with van der Waals surface area (Å²) < 4.78 is 6.37. The topological polar surface area (TPSA) is 71.8 Å². The molecule has 0 spiro atoms. The zero-order valence-electron chi connectivity index (χ0n) is 8.82. The summed E-state index contributed by atoms with van der Waals surface area (Å²) in [6, 6.07) is 1.89. The lowest BCUT2D eigenvalue weighted by Gasteiger charge is -2.05. The van der Waals surface area contributed by atoms with Crippen LogP contribution in [0.4, 0.5) is 0 Å². The van der Waals surface area contributed by atoms with Crippen molar-refractivity contribution in [2.24, 2.45) is 10.7 Å². The normalized spacial score (nSPS) is 18.4. The Morgan fingerprint density at radius 2 is 2.31 bits per heavy atom. The number of halogens is 1. The summed E-state index contributed by atoms with van der Waals surface area (Å²) in [5.41, 5.74) is 5.84. The maximum absolute atomic E-state index is 11.7. The highest BCUT2D eigenvalue weighted by atomic mass is 127. The van der Waals surface area contributed by atoms with Crippen molar-refractivity contribution in [2.45, 2.75) is 6.92 Å². The van der Waals surface area contributed by atoms with Gasteiger partial charge in [0.2, 0.25) is 5.96 Å². The van der Waals surface area contributed by atoms with Gasteiger partial charge < -0.3 is 10.2 Å². The van der Waals surface area contributed by atoms with Crippen LogP contribution in [0.5, 0.6) is 0 Å². The van der Waals surface area contributed by atoms with Crippen LogP contribution in [0.1, 0.15) is 11.5 Å². The standard InChI is InChI=1S/C10H10IN3O2/c1-5-3-6(11)8(16-5)4-7-9(15)14(2)10(12)13-7/h3-4H,1-2H3,(H2,12,13)/b7-4-. The van der Waals surface area contributed by atoms with Gasteiger partial charge in [0.05, 0.1) is 3.57 Å². The first-order valence-electron chi connectivity index (χ1n) is 4.59. The van der Waals surface area contributed by atoms with E-state index in [0.717, 1.165) is 9.33 Å². The summed E-state index contributed by atoms with van der Waals surface area (Å²) in [7, 11) is 1.58. The SMILES string of the molecule is Cc1cc(I)c(/C=C2\N=C(N)N(C)C2=O)o1. The van der Waals surface area contributed by atoms with E-state index in [9.17, 15) is 4.79 Å². The number of hydrogen-bond acceptors (Lipinski definition) is 4. The predicted octanol–water partition coefficient (Wildman–Crippen LogP) is 1.32. The Hall–Kier alpha value is -1.31. The molecule has 16 heavy (non-hydrogen) atoms. The molecule has 0 saturated heterocycles. The van der Waals surface area contributed by atoms with Crippen molar-refractivity contribution in [3.05, 3.63) is 26.9 Å². The van der Waals surface area contributed by atoms with Gasteiger partial charge >= 0.3 is 0 Å². The monoisotopic (exact) mass is 331 g/mol. The third-order valence-electron chi connectivity index (χ3n) is 2.21. The Morgan fingerprint density at radius 1 is 1.62 bits per heavy atom. The number of hydrogen-bond donors (Lipinski definition) is 1. The van der Waals surface area contributed by atoms with E-state index in [1.165, 1.54) is 4.90 Å². The molecule has 1 aromatic rings. The molecule has 0 bridgehead atoms. The van der Waals surface area contributed by atoms with Crippen LogP contribution < -0.4 is 5.73 Å². The van der Waals surface area contributed by atoms with Crippen molar-refractivity contribution < 1.29 is 9.21 Å². The van der Waals surface area contributed by atoms with Gasteiger partial charge in [-0.3, -0.25) is 9.69 Å². The van der Waals surface area contributed by atoms with Crippen molar-refractivity contribution >= 4 is 40.5 Å². The van der Waals surface area contributed by atoms with E-state index in [1.807, 2.05) is 13.0 Å². The summed E-state index contributed by atoms with van der Waals surface area (Å²) in [6.45, 7) is 1.85. The molecule has 2 heterocycles. The van der Waals surface area contributed by atoms with Crippen molar-refractivity contribution in [3.8, 4) is 0 Å². The molecule has 0 fully saturated rings. The zero-order valence-corrected chi connectivity index (χ0v) is 11.0. The summed E-state index contributed by atoms with van der Waals surface area (Å²) in [6.07, 6.45) is 1.60. The molecule has 0 aliphatic carbocycles. The fourth-order valence-electron chi connectivity index (χ4n) is 1.34. The summed E-state index contributed by atoms with van der Waals surface area (Å²) in [5.74, 6) is 1.41. The van der Waals surface area contributed by atoms with Gasteiger partial charge in [-0.2, -0.15) is 0 Å². The highest BCUT2D eigenvalue weighted by molar-refractivity contribution is 14.1. The molecule has 1 aromatic heterocycles. The van der Waals surface area contributed by atoms with E-state index in [1.54, 1.807) is 13.1 Å². The molecule has 2 N–H and O–H groups in total. The number of rotatable bonds is 1. The molecule has 1 aliphatic rings. The average Bonchev–Trinajstić information content (AvgIpc) is 2.64. The summed E-state index contributed by atoms with van der Waals surface area (Å²) >= 11 is 2.14. The van der Waals surface area contributed by atoms with E-state index >= 15 is 0 Å². The number of guanidine groups is 1. The van der Waals surface area contributed by atoms with E-state index in [2.05, 4.69) is 27.6 Å². The van der Waals surface area contributed by atoms with Crippen LogP contribution in [-0.4, -0.2) is 23.8 Å². The molecule has 84 valence electrons. The summed E-state index contributed by atoms with van der Waals surface area (Å²) in [4.78, 5) is 16.9. The Labute approximate surface area is 106 Å². The number of nitrogens with zero attached hydrogens (tertiary/aromatic N) is 2.